The quantitative estimate of drug-likeness (QED) is 0.685. The molecule has 0 aliphatic heterocycles. The van der Waals surface area contributed by atoms with Crippen LogP contribution < -0.4 is 10.0 Å². The molecule has 4 rings (SSSR count). The van der Waals surface area contributed by atoms with Crippen molar-refractivity contribution in [2.45, 2.75) is 24.2 Å². The Bertz CT molecular complexity index is 1060. The predicted molar refractivity (Wildman–Crippen MR) is 104 cm³/mol. The summed E-state index contributed by atoms with van der Waals surface area (Å²) in [4.78, 5) is 22.0. The minimum absolute atomic E-state index is 0.0732. The van der Waals surface area contributed by atoms with Gasteiger partial charge in [-0.2, -0.15) is 0 Å². The molecule has 3 aromatic rings. The normalized spacial score (nSPS) is 13.2. The lowest BCUT2D eigenvalue weighted by Gasteiger charge is -2.08. The van der Waals surface area contributed by atoms with Crippen LogP contribution in [0.5, 0.6) is 0 Å². The van der Waals surface area contributed by atoms with Gasteiger partial charge < -0.3 is 0 Å². The van der Waals surface area contributed by atoms with Crippen molar-refractivity contribution in [2.24, 2.45) is 0 Å². The number of carbonyl (C=O) groups excluding carboxylic acids is 1. The van der Waals surface area contributed by atoms with Gasteiger partial charge in [-0.3, -0.25) is 19.8 Å². The van der Waals surface area contributed by atoms with Crippen LogP contribution in [0.25, 0.3) is 0 Å². The number of nitrogens with one attached hydrogen (secondary N) is 2. The summed E-state index contributed by atoms with van der Waals surface area (Å²) in [7, 11) is -3.73. The number of hydrogen-bond acceptors (Lipinski definition) is 6. The van der Waals surface area contributed by atoms with Gasteiger partial charge in [0.2, 0.25) is 0 Å². The van der Waals surface area contributed by atoms with Gasteiger partial charge in [0.05, 0.1) is 16.3 Å². The van der Waals surface area contributed by atoms with Crippen LogP contribution in [0, 0.1) is 0 Å². The summed E-state index contributed by atoms with van der Waals surface area (Å²) in [6, 6.07) is 8.89. The second-order valence-corrected chi connectivity index (χ2v) is 8.83. The molecule has 0 saturated carbocycles. The van der Waals surface area contributed by atoms with Crippen LogP contribution in [-0.2, 0) is 22.9 Å². The number of rotatable bonds is 5. The standard InChI is InChI=1S/C18H16N4O3S2/c23-17(21-18-20-15-2-1-3-16(15)26-18)12-4-6-14(7-5-12)27(24,25)22-13-8-10-19-11-9-13/h4-11H,1-3H2,(H,19,22)(H,20,21,23). The summed E-state index contributed by atoms with van der Waals surface area (Å²) in [5.41, 5.74) is 1.86. The van der Waals surface area contributed by atoms with E-state index >= 15 is 0 Å². The Hall–Kier alpha value is -2.78. The van der Waals surface area contributed by atoms with E-state index in [1.165, 1.54) is 52.9 Å². The summed E-state index contributed by atoms with van der Waals surface area (Å²) >= 11 is 1.50. The second kappa shape index (κ2) is 7.09. The van der Waals surface area contributed by atoms with Crippen molar-refractivity contribution in [3.05, 3.63) is 64.9 Å². The molecule has 1 aliphatic carbocycles. The lowest BCUT2D eigenvalue weighted by molar-refractivity contribution is 0.102. The van der Waals surface area contributed by atoms with Gasteiger partial charge in [-0.1, -0.05) is 0 Å². The minimum Gasteiger partial charge on any atom is -0.298 e. The SMILES string of the molecule is O=C(Nc1nc2c(s1)CCC2)c1ccc(S(=O)(=O)Nc2ccncc2)cc1. The first-order valence-electron chi connectivity index (χ1n) is 8.34. The Labute approximate surface area is 160 Å². The van der Waals surface area contributed by atoms with Gasteiger partial charge in [0.25, 0.3) is 15.9 Å². The van der Waals surface area contributed by atoms with E-state index < -0.39 is 10.0 Å². The van der Waals surface area contributed by atoms with E-state index in [1.807, 2.05) is 0 Å². The number of thiazole rings is 1. The summed E-state index contributed by atoms with van der Waals surface area (Å²) < 4.78 is 27.3. The van der Waals surface area contributed by atoms with Gasteiger partial charge >= 0.3 is 0 Å². The molecule has 0 saturated heterocycles. The van der Waals surface area contributed by atoms with Gasteiger partial charge in [0, 0.05) is 22.8 Å². The topological polar surface area (TPSA) is 101 Å². The summed E-state index contributed by atoms with van der Waals surface area (Å²) in [6.07, 6.45) is 6.09. The Morgan fingerprint density at radius 1 is 1.04 bits per heavy atom. The largest absolute Gasteiger partial charge is 0.298 e. The molecule has 0 fully saturated rings. The molecule has 0 bridgehead atoms. The molecule has 1 amide bonds. The Morgan fingerprint density at radius 3 is 2.48 bits per heavy atom. The fourth-order valence-corrected chi connectivity index (χ4v) is 4.94. The van der Waals surface area contributed by atoms with Crippen LogP contribution in [0.2, 0.25) is 0 Å². The zero-order valence-corrected chi connectivity index (χ0v) is 15.8. The molecule has 27 heavy (non-hydrogen) atoms. The molecule has 0 radical (unpaired) electrons. The van der Waals surface area contributed by atoms with E-state index in [-0.39, 0.29) is 10.8 Å². The van der Waals surface area contributed by atoms with Crippen molar-refractivity contribution in [1.82, 2.24) is 9.97 Å². The predicted octanol–water partition coefficient (Wildman–Crippen LogP) is 3.08. The first-order chi connectivity index (χ1) is 13.0. The highest BCUT2D eigenvalue weighted by Crippen LogP contribution is 2.30. The molecule has 0 atom stereocenters. The molecule has 9 heteroatoms. The van der Waals surface area contributed by atoms with Gasteiger partial charge in [-0.25, -0.2) is 13.4 Å². The molecule has 0 spiro atoms. The van der Waals surface area contributed by atoms with Crippen molar-refractivity contribution < 1.29 is 13.2 Å². The van der Waals surface area contributed by atoms with Crippen LogP contribution in [0.1, 0.15) is 27.3 Å². The van der Waals surface area contributed by atoms with Crippen molar-refractivity contribution in [2.75, 3.05) is 10.0 Å². The molecule has 0 unspecified atom stereocenters. The van der Waals surface area contributed by atoms with Crippen LogP contribution >= 0.6 is 11.3 Å². The molecule has 2 N–H and O–H groups in total. The summed E-state index contributed by atoms with van der Waals surface area (Å²) in [5, 5.41) is 3.37. The Morgan fingerprint density at radius 2 is 1.78 bits per heavy atom. The average molecular weight is 400 g/mol. The number of hydrogen-bond donors (Lipinski definition) is 2. The highest BCUT2D eigenvalue weighted by atomic mass is 32.2. The van der Waals surface area contributed by atoms with Gasteiger partial charge in [-0.15, -0.1) is 11.3 Å². The molecule has 2 aromatic heterocycles. The zero-order chi connectivity index (χ0) is 18.9. The number of amides is 1. The first-order valence-corrected chi connectivity index (χ1v) is 10.6. The number of sulfonamides is 1. The van der Waals surface area contributed by atoms with Crippen LogP contribution in [0.15, 0.2) is 53.7 Å². The molecule has 138 valence electrons. The monoisotopic (exact) mass is 400 g/mol. The molecule has 2 heterocycles. The third-order valence-corrected chi connectivity index (χ3v) is 6.65. The van der Waals surface area contributed by atoms with Gasteiger partial charge in [0.15, 0.2) is 5.13 Å². The minimum atomic E-state index is -3.73. The van der Waals surface area contributed by atoms with E-state index in [1.54, 1.807) is 12.1 Å². The van der Waals surface area contributed by atoms with Crippen molar-refractivity contribution >= 4 is 38.1 Å². The van der Waals surface area contributed by atoms with E-state index in [0.29, 0.717) is 16.4 Å². The summed E-state index contributed by atoms with van der Waals surface area (Å²) in [5.74, 6) is -0.312. The number of anilines is 2. The maximum Gasteiger partial charge on any atom is 0.261 e. The Balaban J connectivity index is 1.47. The lowest BCUT2D eigenvalue weighted by atomic mass is 10.2. The average Bonchev–Trinajstić information content (AvgIpc) is 3.24. The number of carbonyl (C=O) groups is 1. The maximum absolute atomic E-state index is 12.4. The second-order valence-electron chi connectivity index (χ2n) is 6.06. The highest BCUT2D eigenvalue weighted by molar-refractivity contribution is 7.92. The van der Waals surface area contributed by atoms with E-state index in [9.17, 15) is 13.2 Å². The smallest absolute Gasteiger partial charge is 0.261 e. The van der Waals surface area contributed by atoms with Gasteiger partial charge in [0.1, 0.15) is 0 Å². The molecular weight excluding hydrogens is 384 g/mol. The number of fused-ring (bicyclic) bond motifs is 1. The van der Waals surface area contributed by atoms with Gasteiger partial charge in [-0.05, 0) is 55.7 Å². The van der Waals surface area contributed by atoms with Crippen molar-refractivity contribution in [3.8, 4) is 0 Å². The number of nitrogens with zero attached hydrogens (tertiary/aromatic N) is 2. The molecular formula is C18H16N4O3S2. The number of aryl methyl sites for hydroxylation is 2. The molecule has 1 aliphatic rings. The first kappa shape index (κ1) is 17.6. The zero-order valence-electron chi connectivity index (χ0n) is 14.2. The number of pyridine rings is 1. The van der Waals surface area contributed by atoms with Crippen LogP contribution in [-0.4, -0.2) is 24.3 Å². The van der Waals surface area contributed by atoms with E-state index in [0.717, 1.165) is 25.0 Å². The fraction of sp³-hybridized carbons (Fsp3) is 0.167. The lowest BCUT2D eigenvalue weighted by Crippen LogP contribution is -2.14. The third-order valence-electron chi connectivity index (χ3n) is 4.18. The highest BCUT2D eigenvalue weighted by Gasteiger charge is 2.19. The fourth-order valence-electron chi connectivity index (χ4n) is 2.83. The number of aromatic nitrogens is 2. The summed E-state index contributed by atoms with van der Waals surface area (Å²) in [6.45, 7) is 0. The molecule has 7 nitrogen and oxygen atoms in total. The van der Waals surface area contributed by atoms with Crippen LogP contribution in [0.4, 0.5) is 10.8 Å². The maximum atomic E-state index is 12.4. The third kappa shape index (κ3) is 3.83. The molecule has 1 aromatic carbocycles. The van der Waals surface area contributed by atoms with E-state index in [4.69, 9.17) is 0 Å². The Kier molecular flexibility index (Phi) is 4.63. The van der Waals surface area contributed by atoms with Crippen molar-refractivity contribution in [1.29, 1.82) is 0 Å². The van der Waals surface area contributed by atoms with E-state index in [2.05, 4.69) is 20.0 Å². The van der Waals surface area contributed by atoms with Crippen LogP contribution in [0.3, 0.4) is 0 Å². The number of benzene rings is 1. The van der Waals surface area contributed by atoms with Crippen molar-refractivity contribution in [3.63, 3.8) is 0 Å².